The molecule has 1 fully saturated rings. The van der Waals surface area contributed by atoms with Gasteiger partial charge in [-0.15, -0.1) is 34.0 Å². The number of primary amides is 1. The first-order valence-electron chi connectivity index (χ1n) is 15.7. The Bertz CT molecular complexity index is 2020. The van der Waals surface area contributed by atoms with Gasteiger partial charge in [0.1, 0.15) is 34.7 Å². The van der Waals surface area contributed by atoms with Gasteiger partial charge in [-0.25, -0.2) is 19.6 Å². The number of anilines is 2. The molecule has 0 spiro atoms. The fourth-order valence-electron chi connectivity index (χ4n) is 5.59. The number of piperidine rings is 1. The number of nitrogens with zero attached hydrogens (tertiary/aromatic N) is 5. The topological polar surface area (TPSA) is 216 Å². The summed E-state index contributed by atoms with van der Waals surface area (Å²) in [6.45, 7) is 7.29. The summed E-state index contributed by atoms with van der Waals surface area (Å²) in [6, 6.07) is 5.97. The molecule has 0 radical (unpaired) electrons. The van der Waals surface area contributed by atoms with E-state index in [0.717, 1.165) is 12.8 Å². The molecule has 1 aliphatic heterocycles. The fraction of sp³-hybridized carbons (Fsp3) is 0.382. The number of rotatable bonds is 9. The van der Waals surface area contributed by atoms with Gasteiger partial charge >= 0.3 is 12.1 Å². The van der Waals surface area contributed by atoms with Gasteiger partial charge in [0.25, 0.3) is 0 Å². The first kappa shape index (κ1) is 40.5. The quantitative estimate of drug-likeness (QED) is 0.133. The largest absolute Gasteiger partial charge is 0.494 e. The number of carboxylic acids is 1. The van der Waals surface area contributed by atoms with E-state index in [1.54, 1.807) is 26.2 Å². The normalized spacial score (nSPS) is 13.3. The summed E-state index contributed by atoms with van der Waals surface area (Å²) in [7, 11) is 1.45. The number of halogens is 2. The number of methoxy groups -OCH3 is 1. The lowest BCUT2D eigenvalue weighted by molar-refractivity contribution is 0.0199. The van der Waals surface area contributed by atoms with Crippen molar-refractivity contribution in [1.29, 1.82) is 0 Å². The average Bonchev–Trinajstić information content (AvgIpc) is 3.54. The molecule has 0 unspecified atom stereocenters. The SMILES string of the molecule is Br.Br.COc1cc(C(=O)O)cc2nc(N)n(C/C=C/Cn3c(N)nc4cc(C(N)=O)cc(OCC#CC5CCN(C(=O)OC(C)(C)C)CC5)c43)c12. The molecule has 51 heavy (non-hydrogen) atoms. The van der Waals surface area contributed by atoms with Crippen LogP contribution in [0.4, 0.5) is 16.7 Å². The first-order chi connectivity index (χ1) is 23.3. The highest BCUT2D eigenvalue weighted by molar-refractivity contribution is 8.93. The van der Waals surface area contributed by atoms with E-state index in [2.05, 4.69) is 21.8 Å². The van der Waals surface area contributed by atoms with Crippen molar-refractivity contribution in [2.75, 3.05) is 38.3 Å². The molecule has 274 valence electrons. The number of hydrogen-bond acceptors (Lipinski definition) is 10. The van der Waals surface area contributed by atoms with Crippen LogP contribution in [-0.2, 0) is 17.8 Å². The maximum Gasteiger partial charge on any atom is 0.410 e. The summed E-state index contributed by atoms with van der Waals surface area (Å²) in [5, 5.41) is 9.42. The van der Waals surface area contributed by atoms with E-state index < -0.39 is 17.5 Å². The van der Waals surface area contributed by atoms with Gasteiger partial charge in [0.05, 0.1) is 23.7 Å². The van der Waals surface area contributed by atoms with Crippen LogP contribution in [0.3, 0.4) is 0 Å². The summed E-state index contributed by atoms with van der Waals surface area (Å²) in [5.41, 5.74) is 19.7. The minimum Gasteiger partial charge on any atom is -0.494 e. The highest BCUT2D eigenvalue weighted by atomic mass is 79.9. The van der Waals surface area contributed by atoms with Crippen LogP contribution in [0, 0.1) is 17.8 Å². The highest BCUT2D eigenvalue weighted by Gasteiger charge is 2.26. The molecule has 3 heterocycles. The number of nitrogens with two attached hydrogens (primary N) is 3. The number of allylic oxidation sites excluding steroid dienone is 2. The standard InChI is InChI=1S/C34H40N8O7.2BrH/c1-34(2,3)49-33(46)40-13-9-20(10-14-40)8-7-15-48-26-18-21(29(35)43)16-23-28(26)42(32(37)38-23)12-6-5-11-41-27-24(39-31(41)36)17-22(30(44)45)19-25(27)47-4;;/h5-6,16-20H,9-15H2,1-4H3,(H2,35,43)(H2,36,39)(H2,37,38)(H,44,45);2*1H/b6-5+;;. The molecule has 2 amide bonds. The van der Waals surface area contributed by atoms with Crippen LogP contribution in [0.5, 0.6) is 11.5 Å². The van der Waals surface area contributed by atoms with Crippen molar-refractivity contribution in [3.63, 3.8) is 0 Å². The lowest BCUT2D eigenvalue weighted by atomic mass is 9.98. The zero-order valence-electron chi connectivity index (χ0n) is 28.7. The van der Waals surface area contributed by atoms with Gasteiger partial charge in [0.15, 0.2) is 0 Å². The number of ether oxygens (including phenoxy) is 3. The van der Waals surface area contributed by atoms with Gasteiger partial charge in [-0.1, -0.05) is 24.0 Å². The van der Waals surface area contributed by atoms with Gasteiger partial charge in [-0.2, -0.15) is 0 Å². The number of nitrogen functional groups attached to an aromatic ring is 2. The third-order valence-corrected chi connectivity index (χ3v) is 7.92. The zero-order valence-corrected chi connectivity index (χ0v) is 32.1. The van der Waals surface area contributed by atoms with Crippen LogP contribution in [0.25, 0.3) is 22.1 Å². The van der Waals surface area contributed by atoms with Crippen molar-refractivity contribution < 1.29 is 33.7 Å². The predicted octanol–water partition coefficient (Wildman–Crippen LogP) is 4.80. The molecule has 2 aromatic heterocycles. The smallest absolute Gasteiger partial charge is 0.410 e. The number of carbonyl (C=O) groups excluding carboxylic acids is 2. The van der Waals surface area contributed by atoms with Crippen LogP contribution >= 0.6 is 34.0 Å². The molecule has 0 saturated carbocycles. The lowest BCUT2D eigenvalue weighted by Crippen LogP contribution is -2.41. The van der Waals surface area contributed by atoms with Gasteiger partial charge < -0.3 is 50.6 Å². The minimum absolute atomic E-state index is 0. The van der Waals surface area contributed by atoms with Crippen molar-refractivity contribution in [2.24, 2.45) is 11.7 Å². The second-order valence-electron chi connectivity index (χ2n) is 12.5. The van der Waals surface area contributed by atoms with Gasteiger partial charge in [-0.05, 0) is 57.9 Å². The summed E-state index contributed by atoms with van der Waals surface area (Å²) in [5.74, 6) is 5.74. The fourth-order valence-corrected chi connectivity index (χ4v) is 5.59. The predicted molar refractivity (Wildman–Crippen MR) is 204 cm³/mol. The lowest BCUT2D eigenvalue weighted by Gasteiger charge is -2.31. The van der Waals surface area contributed by atoms with Gasteiger partial charge in [-0.3, -0.25) is 4.79 Å². The molecule has 1 aliphatic rings. The molecule has 5 rings (SSSR count). The maximum absolute atomic E-state index is 12.4. The van der Waals surface area contributed by atoms with Crippen molar-refractivity contribution >= 4 is 85.9 Å². The van der Waals surface area contributed by atoms with Gasteiger partial charge in [0.2, 0.25) is 17.8 Å². The number of fused-ring (bicyclic) bond motifs is 2. The average molecular weight is 835 g/mol. The number of likely N-dealkylation sites (tertiary alicyclic amines) is 1. The number of imidazole rings is 2. The molecule has 0 aliphatic carbocycles. The van der Waals surface area contributed by atoms with Crippen LogP contribution in [0.2, 0.25) is 0 Å². The molecular weight excluding hydrogens is 792 g/mol. The number of hydrogen-bond donors (Lipinski definition) is 4. The van der Waals surface area contributed by atoms with Crippen LogP contribution < -0.4 is 26.7 Å². The second-order valence-corrected chi connectivity index (χ2v) is 12.5. The molecule has 0 bridgehead atoms. The molecule has 2 aromatic carbocycles. The summed E-state index contributed by atoms with van der Waals surface area (Å²) < 4.78 is 20.4. The summed E-state index contributed by atoms with van der Waals surface area (Å²) >= 11 is 0. The van der Waals surface area contributed by atoms with Crippen molar-refractivity contribution in [2.45, 2.75) is 52.3 Å². The minimum atomic E-state index is -1.10. The van der Waals surface area contributed by atoms with E-state index in [1.165, 1.54) is 19.2 Å². The van der Waals surface area contributed by atoms with Crippen LogP contribution in [-0.4, -0.2) is 79.5 Å². The maximum atomic E-state index is 12.4. The summed E-state index contributed by atoms with van der Waals surface area (Å²) in [6.07, 6.45) is 4.84. The van der Waals surface area contributed by atoms with Crippen LogP contribution in [0.1, 0.15) is 54.3 Å². The number of carbonyl (C=O) groups is 3. The Balaban J connectivity index is 0.00000351. The number of carboxylic acid groups (broad SMARTS) is 1. The van der Waals surface area contributed by atoms with E-state index in [-0.39, 0.29) is 75.6 Å². The number of benzene rings is 2. The monoisotopic (exact) mass is 832 g/mol. The van der Waals surface area contributed by atoms with E-state index >= 15 is 0 Å². The number of aromatic nitrogens is 4. The Morgan fingerprint density at radius 1 is 0.922 bits per heavy atom. The molecule has 15 nitrogen and oxygen atoms in total. The second kappa shape index (κ2) is 16.8. The van der Waals surface area contributed by atoms with E-state index in [1.807, 2.05) is 32.9 Å². The van der Waals surface area contributed by atoms with Crippen molar-refractivity contribution in [3.8, 4) is 23.3 Å². The highest BCUT2D eigenvalue weighted by Crippen LogP contribution is 2.31. The first-order valence-corrected chi connectivity index (χ1v) is 15.7. The zero-order chi connectivity index (χ0) is 35.5. The van der Waals surface area contributed by atoms with Crippen molar-refractivity contribution in [1.82, 2.24) is 24.0 Å². The number of aromatic carboxylic acids is 1. The third kappa shape index (κ3) is 9.44. The molecule has 0 atom stereocenters. The molecule has 1 saturated heterocycles. The Kier molecular flexibility index (Phi) is 13.4. The summed E-state index contributed by atoms with van der Waals surface area (Å²) in [4.78, 5) is 46.4. The van der Waals surface area contributed by atoms with E-state index in [4.69, 9.17) is 31.4 Å². The Morgan fingerprint density at radius 3 is 1.96 bits per heavy atom. The molecule has 4 aromatic rings. The van der Waals surface area contributed by atoms with Crippen LogP contribution in [0.15, 0.2) is 36.4 Å². The molecule has 7 N–H and O–H groups in total. The van der Waals surface area contributed by atoms with E-state index in [9.17, 15) is 19.5 Å². The Labute approximate surface area is 315 Å². The third-order valence-electron chi connectivity index (χ3n) is 7.92. The Hall–Kier alpha value is -4.95. The molecule has 17 heteroatoms. The Morgan fingerprint density at radius 2 is 1.45 bits per heavy atom. The van der Waals surface area contributed by atoms with E-state index in [0.29, 0.717) is 59.7 Å². The van der Waals surface area contributed by atoms with Crippen molar-refractivity contribution in [3.05, 3.63) is 47.5 Å². The molecular formula is C34H42Br2N8O7. The van der Waals surface area contributed by atoms with Gasteiger partial charge in [0, 0.05) is 37.7 Å². The number of amides is 2.